The van der Waals surface area contributed by atoms with Crippen LogP contribution >= 0.6 is 11.3 Å². The highest BCUT2D eigenvalue weighted by atomic mass is 32.1. The Bertz CT molecular complexity index is 793. The molecule has 0 aromatic carbocycles. The first-order chi connectivity index (χ1) is 11.4. The van der Waals surface area contributed by atoms with Crippen molar-refractivity contribution in [3.63, 3.8) is 0 Å². The zero-order valence-electron chi connectivity index (χ0n) is 13.9. The molecule has 0 aliphatic carbocycles. The van der Waals surface area contributed by atoms with Gasteiger partial charge in [-0.15, -0.1) is 11.3 Å². The molecule has 8 heteroatoms. The molecule has 0 radical (unpaired) electrons. The van der Waals surface area contributed by atoms with E-state index in [2.05, 4.69) is 29.2 Å². The SMILES string of the molecule is Cc1cc(C(=O)Nc2sc3c(c2C(N)=O)CCN(C(C)C)C3)no1. The topological polar surface area (TPSA) is 101 Å². The minimum atomic E-state index is -0.517. The first kappa shape index (κ1) is 16.7. The van der Waals surface area contributed by atoms with Crippen LogP contribution in [0.1, 0.15) is 50.9 Å². The fraction of sp³-hybridized carbons (Fsp3) is 0.438. The molecule has 3 rings (SSSR count). The van der Waals surface area contributed by atoms with Crippen molar-refractivity contribution in [2.75, 3.05) is 11.9 Å². The quantitative estimate of drug-likeness (QED) is 0.881. The lowest BCUT2D eigenvalue weighted by molar-refractivity contribution is 0.0999. The van der Waals surface area contributed by atoms with Gasteiger partial charge < -0.3 is 15.6 Å². The van der Waals surface area contributed by atoms with Gasteiger partial charge in [0.2, 0.25) is 0 Å². The maximum atomic E-state index is 12.3. The number of thiophene rings is 1. The number of aryl methyl sites for hydroxylation is 1. The summed E-state index contributed by atoms with van der Waals surface area (Å²) in [5.74, 6) is -0.376. The molecule has 7 nitrogen and oxygen atoms in total. The number of nitrogens with zero attached hydrogens (tertiary/aromatic N) is 2. The summed E-state index contributed by atoms with van der Waals surface area (Å²) in [7, 11) is 0. The van der Waals surface area contributed by atoms with Crippen molar-refractivity contribution >= 4 is 28.2 Å². The third-order valence-electron chi connectivity index (χ3n) is 4.15. The number of nitrogens with one attached hydrogen (secondary N) is 1. The molecule has 0 atom stereocenters. The van der Waals surface area contributed by atoms with Gasteiger partial charge in [0, 0.05) is 30.1 Å². The fourth-order valence-electron chi connectivity index (χ4n) is 2.85. The van der Waals surface area contributed by atoms with Crippen molar-refractivity contribution in [1.82, 2.24) is 10.1 Å². The summed E-state index contributed by atoms with van der Waals surface area (Å²) >= 11 is 1.41. The Hall–Kier alpha value is -2.19. The molecule has 0 saturated carbocycles. The van der Waals surface area contributed by atoms with Gasteiger partial charge in [-0.1, -0.05) is 5.16 Å². The van der Waals surface area contributed by atoms with Crippen molar-refractivity contribution in [2.45, 2.75) is 39.8 Å². The van der Waals surface area contributed by atoms with Crippen LogP contribution in [0.15, 0.2) is 10.6 Å². The van der Waals surface area contributed by atoms with Crippen LogP contribution in [0.25, 0.3) is 0 Å². The average molecular weight is 348 g/mol. The maximum Gasteiger partial charge on any atom is 0.278 e. The summed E-state index contributed by atoms with van der Waals surface area (Å²) in [5, 5.41) is 6.95. The lowest BCUT2D eigenvalue weighted by Crippen LogP contribution is -2.35. The number of amides is 2. The van der Waals surface area contributed by atoms with Crippen LogP contribution in [-0.4, -0.2) is 34.5 Å². The molecule has 1 aliphatic rings. The minimum absolute atomic E-state index is 0.179. The van der Waals surface area contributed by atoms with Crippen LogP contribution in [-0.2, 0) is 13.0 Å². The van der Waals surface area contributed by atoms with E-state index in [0.29, 0.717) is 22.4 Å². The van der Waals surface area contributed by atoms with Gasteiger partial charge in [0.25, 0.3) is 11.8 Å². The van der Waals surface area contributed by atoms with E-state index < -0.39 is 11.8 Å². The van der Waals surface area contributed by atoms with E-state index >= 15 is 0 Å². The number of fused-ring (bicyclic) bond motifs is 1. The number of carbonyl (C=O) groups excluding carboxylic acids is 2. The fourth-order valence-corrected chi connectivity index (χ4v) is 4.13. The molecule has 0 fully saturated rings. The molecule has 3 N–H and O–H groups in total. The van der Waals surface area contributed by atoms with Gasteiger partial charge in [-0.25, -0.2) is 0 Å². The van der Waals surface area contributed by atoms with Gasteiger partial charge >= 0.3 is 0 Å². The Kier molecular flexibility index (Phi) is 4.42. The standard InChI is InChI=1S/C16H20N4O3S/c1-8(2)20-5-4-10-12(7-20)24-16(13(10)14(17)21)18-15(22)11-6-9(3)23-19-11/h6,8H,4-5,7H2,1-3H3,(H2,17,21)(H,18,22). The van der Waals surface area contributed by atoms with Crippen molar-refractivity contribution in [3.05, 3.63) is 33.5 Å². The van der Waals surface area contributed by atoms with E-state index in [-0.39, 0.29) is 5.69 Å². The van der Waals surface area contributed by atoms with Crippen LogP contribution in [0.5, 0.6) is 0 Å². The molecule has 24 heavy (non-hydrogen) atoms. The van der Waals surface area contributed by atoms with Crippen molar-refractivity contribution in [1.29, 1.82) is 0 Å². The molecule has 2 amide bonds. The third-order valence-corrected chi connectivity index (χ3v) is 5.28. The van der Waals surface area contributed by atoms with Crippen molar-refractivity contribution in [2.24, 2.45) is 5.73 Å². The van der Waals surface area contributed by atoms with Crippen LogP contribution in [0.2, 0.25) is 0 Å². The summed E-state index contributed by atoms with van der Waals surface area (Å²) in [6.07, 6.45) is 0.751. The Morgan fingerprint density at radius 1 is 1.46 bits per heavy atom. The summed E-state index contributed by atoms with van der Waals surface area (Å²) in [5.41, 5.74) is 7.12. The molecule has 128 valence electrons. The van der Waals surface area contributed by atoms with E-state index in [4.69, 9.17) is 10.3 Å². The Morgan fingerprint density at radius 3 is 2.79 bits per heavy atom. The zero-order chi connectivity index (χ0) is 17.4. The Labute approximate surface area is 143 Å². The third kappa shape index (κ3) is 3.07. The highest BCUT2D eigenvalue weighted by Gasteiger charge is 2.28. The molecule has 2 aromatic rings. The molecule has 1 aliphatic heterocycles. The molecule has 3 heterocycles. The molecule has 2 aromatic heterocycles. The second kappa shape index (κ2) is 6.37. The van der Waals surface area contributed by atoms with Crippen LogP contribution in [0.3, 0.4) is 0 Å². The normalized spacial score (nSPS) is 14.7. The first-order valence-electron chi connectivity index (χ1n) is 7.80. The molecule has 0 unspecified atom stereocenters. The lowest BCUT2D eigenvalue weighted by atomic mass is 10.0. The van der Waals surface area contributed by atoms with E-state index in [0.717, 1.165) is 30.0 Å². The molecule has 0 spiro atoms. The summed E-state index contributed by atoms with van der Waals surface area (Å²) in [6, 6.07) is 1.97. The van der Waals surface area contributed by atoms with Crippen LogP contribution in [0.4, 0.5) is 5.00 Å². The number of carbonyl (C=O) groups is 2. The van der Waals surface area contributed by atoms with Gasteiger partial charge in [0.05, 0.1) is 5.56 Å². The van der Waals surface area contributed by atoms with Gasteiger partial charge in [-0.3, -0.25) is 14.5 Å². The number of nitrogens with two attached hydrogens (primary N) is 1. The van der Waals surface area contributed by atoms with Gasteiger partial charge in [-0.2, -0.15) is 0 Å². The number of primary amides is 1. The number of aromatic nitrogens is 1. The van der Waals surface area contributed by atoms with Crippen LogP contribution < -0.4 is 11.1 Å². The van der Waals surface area contributed by atoms with E-state index in [1.165, 1.54) is 11.3 Å². The van der Waals surface area contributed by atoms with Gasteiger partial charge in [-0.05, 0) is 32.8 Å². The van der Waals surface area contributed by atoms with E-state index in [9.17, 15) is 9.59 Å². The Balaban J connectivity index is 1.91. The smallest absolute Gasteiger partial charge is 0.278 e. The zero-order valence-corrected chi connectivity index (χ0v) is 14.7. The van der Waals surface area contributed by atoms with Gasteiger partial charge in [0.15, 0.2) is 5.69 Å². The van der Waals surface area contributed by atoms with Crippen molar-refractivity contribution < 1.29 is 14.1 Å². The summed E-state index contributed by atoms with van der Waals surface area (Å²) in [6.45, 7) is 7.63. The highest BCUT2D eigenvalue weighted by Crippen LogP contribution is 2.37. The number of rotatable bonds is 4. The first-order valence-corrected chi connectivity index (χ1v) is 8.61. The largest absolute Gasteiger partial charge is 0.365 e. The second-order valence-electron chi connectivity index (χ2n) is 6.16. The van der Waals surface area contributed by atoms with Crippen molar-refractivity contribution in [3.8, 4) is 0 Å². The number of hydrogen-bond donors (Lipinski definition) is 2. The minimum Gasteiger partial charge on any atom is -0.365 e. The summed E-state index contributed by atoms with van der Waals surface area (Å²) < 4.78 is 4.92. The molecular weight excluding hydrogens is 328 g/mol. The predicted octanol–water partition coefficient (Wildman–Crippen LogP) is 2.16. The lowest BCUT2D eigenvalue weighted by Gasteiger charge is -2.30. The number of anilines is 1. The average Bonchev–Trinajstić information content (AvgIpc) is 3.09. The molecule has 0 bridgehead atoms. The van der Waals surface area contributed by atoms with Gasteiger partial charge in [0.1, 0.15) is 10.8 Å². The summed E-state index contributed by atoms with van der Waals surface area (Å²) in [4.78, 5) is 27.6. The van der Waals surface area contributed by atoms with Crippen LogP contribution in [0, 0.1) is 6.92 Å². The second-order valence-corrected chi connectivity index (χ2v) is 7.27. The number of hydrogen-bond acceptors (Lipinski definition) is 6. The predicted molar refractivity (Wildman–Crippen MR) is 91.3 cm³/mol. The molecular formula is C16H20N4O3S. The monoisotopic (exact) mass is 348 g/mol. The molecule has 0 saturated heterocycles. The highest BCUT2D eigenvalue weighted by molar-refractivity contribution is 7.17. The van der Waals surface area contributed by atoms with E-state index in [1.54, 1.807) is 13.0 Å². The Morgan fingerprint density at radius 2 is 2.21 bits per heavy atom. The maximum absolute atomic E-state index is 12.3. The van der Waals surface area contributed by atoms with E-state index in [1.807, 2.05) is 0 Å².